The lowest BCUT2D eigenvalue weighted by molar-refractivity contribution is -0.139. The summed E-state index contributed by atoms with van der Waals surface area (Å²) < 4.78 is 44.9. The van der Waals surface area contributed by atoms with Gasteiger partial charge in [-0.05, 0) is 45.8 Å². The maximum atomic E-state index is 13.0. The van der Waals surface area contributed by atoms with Crippen LogP contribution in [0.2, 0.25) is 0 Å². The van der Waals surface area contributed by atoms with Gasteiger partial charge in [0.05, 0.1) is 17.9 Å². The molecule has 0 unspecified atom stereocenters. The molecule has 0 fully saturated rings. The van der Waals surface area contributed by atoms with Crippen molar-refractivity contribution in [2.45, 2.75) is 19.4 Å². The van der Waals surface area contributed by atoms with Crippen LogP contribution in [0.15, 0.2) is 41.0 Å². The molecule has 7 heteroatoms. The molecule has 0 saturated carbocycles. The van der Waals surface area contributed by atoms with E-state index in [1.165, 1.54) is 18.3 Å². The zero-order valence-electron chi connectivity index (χ0n) is 10.7. The summed E-state index contributed by atoms with van der Waals surface area (Å²) in [7, 11) is 0. The van der Waals surface area contributed by atoms with E-state index in [9.17, 15) is 13.2 Å². The summed E-state index contributed by atoms with van der Waals surface area (Å²) in [6.45, 7) is -0.535. The molecule has 1 aromatic carbocycles. The van der Waals surface area contributed by atoms with E-state index in [1.54, 1.807) is 12.1 Å². The SMILES string of the molecule is OCc1ccc(OCc2ccc(Br)cn2)c(C(F)(F)F)c1. The van der Waals surface area contributed by atoms with Gasteiger partial charge in [0.15, 0.2) is 0 Å². The van der Waals surface area contributed by atoms with Crippen LogP contribution in [-0.2, 0) is 19.4 Å². The number of pyridine rings is 1. The second kappa shape index (κ2) is 6.44. The minimum Gasteiger partial charge on any atom is -0.487 e. The third-order valence-corrected chi connectivity index (χ3v) is 3.17. The third kappa shape index (κ3) is 4.18. The minimum atomic E-state index is -4.55. The Balaban J connectivity index is 2.21. The van der Waals surface area contributed by atoms with Crippen LogP contribution in [0.3, 0.4) is 0 Å². The fraction of sp³-hybridized carbons (Fsp3) is 0.214. The van der Waals surface area contributed by atoms with E-state index in [-0.39, 0.29) is 17.9 Å². The number of halogens is 4. The summed E-state index contributed by atoms with van der Waals surface area (Å²) in [5.74, 6) is -0.288. The van der Waals surface area contributed by atoms with Gasteiger partial charge in [-0.1, -0.05) is 6.07 Å². The van der Waals surface area contributed by atoms with Gasteiger partial charge in [0.25, 0.3) is 0 Å². The van der Waals surface area contributed by atoms with E-state index < -0.39 is 18.3 Å². The van der Waals surface area contributed by atoms with Crippen molar-refractivity contribution in [2.75, 3.05) is 0 Å². The van der Waals surface area contributed by atoms with Gasteiger partial charge in [0, 0.05) is 10.7 Å². The lowest BCUT2D eigenvalue weighted by Crippen LogP contribution is -2.10. The molecule has 112 valence electrons. The average Bonchev–Trinajstić information content (AvgIpc) is 2.45. The predicted octanol–water partition coefficient (Wildman–Crippen LogP) is 3.93. The molecule has 0 aliphatic heterocycles. The van der Waals surface area contributed by atoms with Crippen LogP contribution in [0.4, 0.5) is 13.2 Å². The molecule has 3 nitrogen and oxygen atoms in total. The highest BCUT2D eigenvalue weighted by Gasteiger charge is 2.34. The number of aliphatic hydroxyl groups excluding tert-OH is 1. The molecule has 0 spiro atoms. The molecule has 1 N–H and O–H groups in total. The largest absolute Gasteiger partial charge is 0.487 e. The van der Waals surface area contributed by atoms with Crippen molar-refractivity contribution >= 4 is 15.9 Å². The molecule has 0 aliphatic carbocycles. The van der Waals surface area contributed by atoms with E-state index in [0.29, 0.717) is 5.69 Å². The van der Waals surface area contributed by atoms with Crippen LogP contribution in [0.25, 0.3) is 0 Å². The van der Waals surface area contributed by atoms with E-state index in [4.69, 9.17) is 9.84 Å². The zero-order valence-corrected chi connectivity index (χ0v) is 12.3. The smallest absolute Gasteiger partial charge is 0.419 e. The number of aromatic nitrogens is 1. The van der Waals surface area contributed by atoms with Crippen LogP contribution >= 0.6 is 15.9 Å². The number of hydrogen-bond donors (Lipinski definition) is 1. The van der Waals surface area contributed by atoms with E-state index in [0.717, 1.165) is 10.5 Å². The number of alkyl halides is 3. The Morgan fingerprint density at radius 1 is 1.19 bits per heavy atom. The number of ether oxygens (including phenoxy) is 1. The van der Waals surface area contributed by atoms with Gasteiger partial charge in [-0.25, -0.2) is 0 Å². The molecule has 1 heterocycles. The second-order valence-corrected chi connectivity index (χ2v) is 5.16. The summed E-state index contributed by atoms with van der Waals surface area (Å²) >= 11 is 3.22. The number of aliphatic hydroxyl groups is 1. The van der Waals surface area contributed by atoms with Crippen molar-refractivity contribution in [1.82, 2.24) is 4.98 Å². The number of rotatable bonds is 4. The van der Waals surface area contributed by atoms with Crippen molar-refractivity contribution in [2.24, 2.45) is 0 Å². The van der Waals surface area contributed by atoms with Gasteiger partial charge < -0.3 is 9.84 Å². The van der Waals surface area contributed by atoms with E-state index in [1.807, 2.05) is 0 Å². The molecule has 0 amide bonds. The highest BCUT2D eigenvalue weighted by Crippen LogP contribution is 2.37. The van der Waals surface area contributed by atoms with Crippen LogP contribution in [0.5, 0.6) is 5.75 Å². The lowest BCUT2D eigenvalue weighted by Gasteiger charge is -2.14. The number of benzene rings is 1. The Bertz CT molecular complexity index is 615. The van der Waals surface area contributed by atoms with Crippen LogP contribution < -0.4 is 4.74 Å². The highest BCUT2D eigenvalue weighted by atomic mass is 79.9. The topological polar surface area (TPSA) is 42.4 Å². The van der Waals surface area contributed by atoms with Crippen molar-refractivity contribution in [3.63, 3.8) is 0 Å². The van der Waals surface area contributed by atoms with Crippen molar-refractivity contribution in [1.29, 1.82) is 0 Å². The summed E-state index contributed by atoms with van der Waals surface area (Å²) in [5, 5.41) is 8.93. The molecule has 0 aliphatic rings. The maximum Gasteiger partial charge on any atom is 0.419 e. The molecule has 0 radical (unpaired) electrons. The van der Waals surface area contributed by atoms with Gasteiger partial charge >= 0.3 is 6.18 Å². The maximum absolute atomic E-state index is 13.0. The van der Waals surface area contributed by atoms with Gasteiger partial charge in [0.2, 0.25) is 0 Å². The van der Waals surface area contributed by atoms with Gasteiger partial charge in [-0.15, -0.1) is 0 Å². The average molecular weight is 362 g/mol. The predicted molar refractivity (Wildman–Crippen MR) is 73.6 cm³/mol. The van der Waals surface area contributed by atoms with Crippen molar-refractivity contribution in [3.05, 3.63) is 57.8 Å². The minimum absolute atomic E-state index is 0.0746. The normalized spacial score (nSPS) is 11.5. The Kier molecular flexibility index (Phi) is 4.84. The fourth-order valence-corrected chi connectivity index (χ4v) is 1.90. The van der Waals surface area contributed by atoms with Crippen LogP contribution in [0, 0.1) is 0 Å². The molecule has 2 rings (SSSR count). The Morgan fingerprint density at radius 2 is 1.95 bits per heavy atom. The second-order valence-electron chi connectivity index (χ2n) is 4.24. The third-order valence-electron chi connectivity index (χ3n) is 2.70. The van der Waals surface area contributed by atoms with Gasteiger partial charge in [0.1, 0.15) is 12.4 Å². The number of nitrogens with zero attached hydrogens (tertiary/aromatic N) is 1. The van der Waals surface area contributed by atoms with E-state index in [2.05, 4.69) is 20.9 Å². The summed E-state index contributed by atoms with van der Waals surface area (Å²) in [4.78, 5) is 4.03. The fourth-order valence-electron chi connectivity index (χ4n) is 1.67. The Labute approximate surface area is 127 Å². The quantitative estimate of drug-likeness (QED) is 0.896. The summed E-state index contributed by atoms with van der Waals surface area (Å²) in [6.07, 6.45) is -3.01. The first-order valence-corrected chi connectivity index (χ1v) is 6.73. The monoisotopic (exact) mass is 361 g/mol. The van der Waals surface area contributed by atoms with Crippen LogP contribution in [0.1, 0.15) is 16.8 Å². The standard InChI is InChI=1S/C14H11BrF3NO2/c15-10-2-3-11(19-6-10)8-21-13-4-1-9(7-20)5-12(13)14(16,17)18/h1-6,20H,7-8H2. The Hall–Kier alpha value is -1.60. The molecule has 1 aromatic heterocycles. The molecular formula is C14H11BrF3NO2. The summed E-state index contributed by atoms with van der Waals surface area (Å²) in [5.41, 5.74) is -0.222. The first-order chi connectivity index (χ1) is 9.90. The molecule has 0 bridgehead atoms. The van der Waals surface area contributed by atoms with Gasteiger partial charge in [-0.2, -0.15) is 13.2 Å². The first kappa shape index (κ1) is 15.8. The first-order valence-electron chi connectivity index (χ1n) is 5.94. The van der Waals surface area contributed by atoms with Crippen LogP contribution in [-0.4, -0.2) is 10.1 Å². The van der Waals surface area contributed by atoms with Gasteiger partial charge in [-0.3, -0.25) is 4.98 Å². The van der Waals surface area contributed by atoms with Crippen molar-refractivity contribution in [3.8, 4) is 5.75 Å². The van der Waals surface area contributed by atoms with Crippen molar-refractivity contribution < 1.29 is 23.0 Å². The zero-order chi connectivity index (χ0) is 15.5. The Morgan fingerprint density at radius 3 is 2.52 bits per heavy atom. The molecule has 21 heavy (non-hydrogen) atoms. The molecule has 0 saturated heterocycles. The highest BCUT2D eigenvalue weighted by molar-refractivity contribution is 9.10. The molecule has 0 atom stereocenters. The lowest BCUT2D eigenvalue weighted by atomic mass is 10.1. The molecular weight excluding hydrogens is 351 g/mol. The molecule has 2 aromatic rings. The summed E-state index contributed by atoms with van der Waals surface area (Å²) in [6, 6.07) is 6.85. The number of hydrogen-bond acceptors (Lipinski definition) is 3. The van der Waals surface area contributed by atoms with E-state index >= 15 is 0 Å².